The van der Waals surface area contributed by atoms with Crippen LogP contribution in [-0.4, -0.2) is 63.3 Å². The number of amides is 2. The molecule has 1 aromatic carbocycles. The predicted molar refractivity (Wildman–Crippen MR) is 96.7 cm³/mol. The van der Waals surface area contributed by atoms with Gasteiger partial charge < -0.3 is 15.5 Å². The molecule has 2 amide bonds. The molecule has 0 radical (unpaired) electrons. The first kappa shape index (κ1) is 19.7. The smallest absolute Gasteiger partial charge is 0.279 e. The van der Waals surface area contributed by atoms with Crippen LogP contribution in [0.1, 0.15) is 5.56 Å². The number of benzene rings is 1. The van der Waals surface area contributed by atoms with E-state index in [2.05, 4.69) is 10.6 Å². The van der Waals surface area contributed by atoms with Crippen molar-refractivity contribution in [3.8, 4) is 0 Å². The van der Waals surface area contributed by atoms with Crippen LogP contribution in [0.15, 0.2) is 24.3 Å². The van der Waals surface area contributed by atoms with Crippen LogP contribution in [0.25, 0.3) is 0 Å². The van der Waals surface area contributed by atoms with E-state index in [1.165, 1.54) is 0 Å². The number of likely N-dealkylation sites (N-methyl/N-ethyl adjacent to an activating group) is 1. The normalized spacial score (nSPS) is 23.0. The molecule has 1 aliphatic rings. The van der Waals surface area contributed by atoms with Crippen molar-refractivity contribution in [1.29, 1.82) is 0 Å². The lowest BCUT2D eigenvalue weighted by Gasteiger charge is -2.17. The van der Waals surface area contributed by atoms with Crippen LogP contribution in [0.4, 0.5) is 5.69 Å². The number of hydrogen-bond donors (Lipinski definition) is 3. The lowest BCUT2D eigenvalue weighted by molar-refractivity contribution is -0.862. The summed E-state index contributed by atoms with van der Waals surface area (Å²) in [5.41, 5.74) is 1.80. The molecule has 0 spiro atoms. The Morgan fingerprint density at radius 3 is 2.32 bits per heavy atom. The van der Waals surface area contributed by atoms with E-state index < -0.39 is 21.3 Å². The Morgan fingerprint density at radius 2 is 1.76 bits per heavy atom. The van der Waals surface area contributed by atoms with Crippen molar-refractivity contribution in [3.05, 3.63) is 29.8 Å². The van der Waals surface area contributed by atoms with E-state index in [0.717, 1.165) is 5.56 Å². The highest BCUT2D eigenvalue weighted by molar-refractivity contribution is 7.91. The Morgan fingerprint density at radius 1 is 1.16 bits per heavy atom. The molecule has 1 unspecified atom stereocenters. The fourth-order valence-corrected chi connectivity index (χ4v) is 5.20. The van der Waals surface area contributed by atoms with Crippen LogP contribution < -0.4 is 15.5 Å². The molecule has 1 heterocycles. The molecule has 0 bridgehead atoms. The molecular weight excluding hydrogens is 366 g/mol. The number of anilines is 1. The SMILES string of the molecule is Cc1ccc(NC(=O)C[NH+](C)CC(=O)N[C@H]2CS(=O)(=O)C[C@@H]2Cl)cc1. The number of carbonyl (C=O) groups is 2. The van der Waals surface area contributed by atoms with Gasteiger partial charge in [0.25, 0.3) is 11.8 Å². The van der Waals surface area contributed by atoms with Crippen LogP contribution in [0.2, 0.25) is 0 Å². The second-order valence-electron chi connectivity index (χ2n) is 6.49. The predicted octanol–water partition coefficient (Wildman–Crippen LogP) is -1.03. The molecule has 1 fully saturated rings. The first-order chi connectivity index (χ1) is 11.6. The van der Waals surface area contributed by atoms with Gasteiger partial charge in [0.2, 0.25) is 0 Å². The second-order valence-corrected chi connectivity index (χ2v) is 9.21. The van der Waals surface area contributed by atoms with Crippen molar-refractivity contribution in [2.75, 3.05) is 37.0 Å². The molecule has 2 rings (SSSR count). The van der Waals surface area contributed by atoms with Crippen molar-refractivity contribution in [2.24, 2.45) is 0 Å². The molecule has 0 aromatic heterocycles. The minimum Gasteiger partial charge on any atom is -0.346 e. The molecule has 0 aliphatic carbocycles. The van der Waals surface area contributed by atoms with Gasteiger partial charge in [-0.2, -0.15) is 0 Å². The van der Waals surface area contributed by atoms with Gasteiger partial charge in [-0.15, -0.1) is 11.6 Å². The maximum Gasteiger partial charge on any atom is 0.279 e. The number of quaternary nitrogens is 1. The number of sulfone groups is 1. The van der Waals surface area contributed by atoms with Crippen molar-refractivity contribution in [2.45, 2.75) is 18.3 Å². The Kier molecular flexibility index (Phi) is 6.42. The number of hydrogen-bond acceptors (Lipinski definition) is 4. The maximum atomic E-state index is 12.0. The van der Waals surface area contributed by atoms with Crippen LogP contribution in [0.3, 0.4) is 0 Å². The average molecular weight is 389 g/mol. The summed E-state index contributed by atoms with van der Waals surface area (Å²) in [5, 5.41) is 4.80. The van der Waals surface area contributed by atoms with Crippen LogP contribution in [0, 0.1) is 6.92 Å². The summed E-state index contributed by atoms with van der Waals surface area (Å²) in [5.74, 6) is -0.790. The van der Waals surface area contributed by atoms with Gasteiger partial charge in [-0.1, -0.05) is 17.7 Å². The Bertz CT molecular complexity index is 736. The zero-order chi connectivity index (χ0) is 18.6. The molecule has 9 heteroatoms. The number of rotatable bonds is 6. The van der Waals surface area contributed by atoms with E-state index in [4.69, 9.17) is 11.6 Å². The molecular formula is C16H23ClN3O4S+. The molecule has 7 nitrogen and oxygen atoms in total. The van der Waals surface area contributed by atoms with Crippen LogP contribution in [-0.2, 0) is 19.4 Å². The summed E-state index contributed by atoms with van der Waals surface area (Å²) in [4.78, 5) is 24.7. The third-order valence-corrected chi connectivity index (χ3v) is 6.27. The van der Waals surface area contributed by atoms with Gasteiger partial charge in [-0.25, -0.2) is 8.42 Å². The highest BCUT2D eigenvalue weighted by Crippen LogP contribution is 2.17. The van der Waals surface area contributed by atoms with Gasteiger partial charge >= 0.3 is 0 Å². The van der Waals surface area contributed by atoms with E-state index in [1.807, 2.05) is 31.2 Å². The molecule has 1 aromatic rings. The van der Waals surface area contributed by atoms with Crippen LogP contribution in [0.5, 0.6) is 0 Å². The summed E-state index contributed by atoms with van der Waals surface area (Å²) in [6.45, 7) is 2.14. The van der Waals surface area contributed by atoms with E-state index in [9.17, 15) is 18.0 Å². The molecule has 1 aliphatic heterocycles. The van der Waals surface area contributed by atoms with Crippen molar-refractivity contribution in [1.82, 2.24) is 5.32 Å². The zero-order valence-corrected chi connectivity index (χ0v) is 15.8. The number of nitrogens with one attached hydrogen (secondary N) is 3. The van der Waals surface area contributed by atoms with E-state index in [0.29, 0.717) is 10.6 Å². The van der Waals surface area contributed by atoms with Crippen LogP contribution >= 0.6 is 11.6 Å². The fraction of sp³-hybridized carbons (Fsp3) is 0.500. The monoisotopic (exact) mass is 388 g/mol. The van der Waals surface area contributed by atoms with E-state index >= 15 is 0 Å². The number of aryl methyl sites for hydroxylation is 1. The standard InChI is InChI=1S/C16H22ClN3O4S/c1-11-3-5-12(6-4-11)18-15(21)7-20(2)8-16(22)19-14-10-25(23,24)9-13(14)17/h3-6,13-14H,7-10H2,1-2H3,(H,18,21)(H,19,22)/p+1/t13-,14-/m0/s1. The summed E-state index contributed by atoms with van der Waals surface area (Å²) in [7, 11) is -1.47. The summed E-state index contributed by atoms with van der Waals surface area (Å²) < 4.78 is 23.0. The Balaban J connectivity index is 1.77. The van der Waals surface area contributed by atoms with E-state index in [1.54, 1.807) is 7.05 Å². The Labute approximate surface area is 152 Å². The van der Waals surface area contributed by atoms with Gasteiger partial charge in [0.1, 0.15) is 0 Å². The molecule has 1 saturated heterocycles. The first-order valence-corrected chi connectivity index (χ1v) is 10.2. The zero-order valence-electron chi connectivity index (χ0n) is 14.2. The number of halogens is 1. The highest BCUT2D eigenvalue weighted by Gasteiger charge is 2.37. The minimum atomic E-state index is -3.19. The third kappa shape index (κ3) is 6.30. The fourth-order valence-electron chi connectivity index (χ4n) is 2.65. The van der Waals surface area contributed by atoms with Gasteiger partial charge in [-0.3, -0.25) is 9.59 Å². The largest absolute Gasteiger partial charge is 0.346 e. The lowest BCUT2D eigenvalue weighted by atomic mass is 10.2. The summed E-state index contributed by atoms with van der Waals surface area (Å²) in [6, 6.07) is 6.86. The number of alkyl halides is 1. The van der Waals surface area contributed by atoms with E-state index in [-0.39, 0.29) is 36.4 Å². The number of carbonyl (C=O) groups excluding carboxylic acids is 2. The lowest BCUT2D eigenvalue weighted by Crippen LogP contribution is -3.11. The molecule has 3 N–H and O–H groups in total. The van der Waals surface area contributed by atoms with Gasteiger partial charge in [0.15, 0.2) is 22.9 Å². The second kappa shape index (κ2) is 8.16. The van der Waals surface area contributed by atoms with Crippen molar-refractivity contribution < 1.29 is 22.9 Å². The molecule has 138 valence electrons. The quantitative estimate of drug-likeness (QED) is 0.543. The third-order valence-electron chi connectivity index (χ3n) is 3.89. The topological polar surface area (TPSA) is 96.8 Å². The molecule has 3 atom stereocenters. The van der Waals surface area contributed by atoms with Gasteiger partial charge in [-0.05, 0) is 19.1 Å². The van der Waals surface area contributed by atoms with Gasteiger partial charge in [0.05, 0.1) is 30.0 Å². The maximum absolute atomic E-state index is 12.0. The van der Waals surface area contributed by atoms with Gasteiger partial charge in [0, 0.05) is 5.69 Å². The minimum absolute atomic E-state index is 0.0570. The molecule has 0 saturated carbocycles. The molecule has 25 heavy (non-hydrogen) atoms. The summed E-state index contributed by atoms with van der Waals surface area (Å²) >= 11 is 5.96. The van der Waals surface area contributed by atoms with Crippen molar-refractivity contribution in [3.63, 3.8) is 0 Å². The first-order valence-electron chi connectivity index (χ1n) is 7.96. The average Bonchev–Trinajstić information content (AvgIpc) is 2.73. The summed E-state index contributed by atoms with van der Waals surface area (Å²) in [6.07, 6.45) is 0. The highest BCUT2D eigenvalue weighted by atomic mass is 35.5. The van der Waals surface area contributed by atoms with Crippen molar-refractivity contribution >= 4 is 38.9 Å². The Hall–Kier alpha value is -1.64.